The van der Waals surface area contributed by atoms with E-state index in [2.05, 4.69) is 32.7 Å². The number of aromatic nitrogens is 4. The fourth-order valence-corrected chi connectivity index (χ4v) is 4.27. The zero-order valence-corrected chi connectivity index (χ0v) is 17.3. The minimum absolute atomic E-state index is 0.00497. The first-order valence-electron chi connectivity index (χ1n) is 9.95. The van der Waals surface area contributed by atoms with Gasteiger partial charge in [-0.05, 0) is 30.5 Å². The lowest BCUT2D eigenvalue weighted by molar-refractivity contribution is 0.0929. The third kappa shape index (κ3) is 4.88. The number of aryl methyl sites for hydroxylation is 1. The molecule has 0 saturated carbocycles. The Balaban J connectivity index is 1.36. The summed E-state index contributed by atoms with van der Waals surface area (Å²) in [5.74, 6) is 1.34. The molecule has 3 heterocycles. The Morgan fingerprint density at radius 2 is 2.10 bits per heavy atom. The van der Waals surface area contributed by atoms with Crippen LogP contribution >= 0.6 is 11.8 Å². The van der Waals surface area contributed by atoms with Crippen LogP contribution in [0.3, 0.4) is 0 Å². The van der Waals surface area contributed by atoms with Crippen molar-refractivity contribution in [1.82, 2.24) is 25.1 Å². The zero-order chi connectivity index (χ0) is 20.8. The van der Waals surface area contributed by atoms with Crippen molar-refractivity contribution in [1.29, 1.82) is 0 Å². The first kappa shape index (κ1) is 20.2. The van der Waals surface area contributed by atoms with E-state index < -0.39 is 0 Å². The minimum Gasteiger partial charge on any atom is -0.349 e. The molecule has 2 N–H and O–H groups in total. The fourth-order valence-electron chi connectivity index (χ4n) is 3.47. The third-order valence-electron chi connectivity index (χ3n) is 5.03. The lowest BCUT2D eigenvalue weighted by Gasteiger charge is -2.17. The van der Waals surface area contributed by atoms with Crippen molar-refractivity contribution >= 4 is 23.7 Å². The number of amides is 1. The number of rotatable bonds is 6. The molecule has 30 heavy (non-hydrogen) atoms. The topological polar surface area (TPSA) is 92.7 Å². The van der Waals surface area contributed by atoms with E-state index in [0.29, 0.717) is 30.0 Å². The van der Waals surface area contributed by atoms with Crippen molar-refractivity contribution in [3.8, 4) is 0 Å². The molecule has 0 bridgehead atoms. The van der Waals surface area contributed by atoms with Gasteiger partial charge in [0.2, 0.25) is 0 Å². The Bertz CT molecular complexity index is 1090. The van der Waals surface area contributed by atoms with E-state index in [0.717, 1.165) is 23.6 Å². The predicted molar refractivity (Wildman–Crippen MR) is 117 cm³/mol. The number of carbonyl (C=O) groups is 1. The Hall–Kier alpha value is -3.13. The molecule has 1 aliphatic heterocycles. The lowest BCUT2D eigenvalue weighted by atomic mass is 10.1. The SMILES string of the molecule is O=C(NC1CCc2n[nH]c(=O)n2CC1)c1cccnc1SC/C=C/c1ccccc1. The zero-order valence-electron chi connectivity index (χ0n) is 16.5. The quantitative estimate of drug-likeness (QED) is 0.597. The number of hydrogen-bond acceptors (Lipinski definition) is 5. The molecule has 1 unspecified atom stereocenters. The molecule has 4 rings (SSSR count). The highest BCUT2D eigenvalue weighted by atomic mass is 32.2. The summed E-state index contributed by atoms with van der Waals surface area (Å²) in [7, 11) is 0. The Labute approximate surface area is 178 Å². The van der Waals surface area contributed by atoms with Crippen LogP contribution in [0.15, 0.2) is 64.6 Å². The summed E-state index contributed by atoms with van der Waals surface area (Å²) in [6.07, 6.45) is 7.94. The van der Waals surface area contributed by atoms with Crippen LogP contribution in [-0.4, -0.2) is 37.5 Å². The summed E-state index contributed by atoms with van der Waals surface area (Å²) in [6, 6.07) is 13.7. The molecule has 1 amide bonds. The number of pyridine rings is 1. The molecule has 154 valence electrons. The van der Waals surface area contributed by atoms with Crippen LogP contribution in [-0.2, 0) is 13.0 Å². The van der Waals surface area contributed by atoms with Crippen LogP contribution in [0.1, 0.15) is 34.6 Å². The molecule has 8 heteroatoms. The van der Waals surface area contributed by atoms with Crippen LogP contribution in [0, 0.1) is 0 Å². The van der Waals surface area contributed by atoms with Gasteiger partial charge in [-0.25, -0.2) is 14.9 Å². The van der Waals surface area contributed by atoms with E-state index in [1.54, 1.807) is 22.9 Å². The molecule has 1 atom stereocenters. The first-order valence-corrected chi connectivity index (χ1v) is 10.9. The van der Waals surface area contributed by atoms with Crippen molar-refractivity contribution in [3.05, 3.63) is 82.2 Å². The van der Waals surface area contributed by atoms with Crippen molar-refractivity contribution in [2.24, 2.45) is 0 Å². The number of nitrogens with one attached hydrogen (secondary N) is 2. The molecule has 7 nitrogen and oxygen atoms in total. The number of fused-ring (bicyclic) bond motifs is 1. The van der Waals surface area contributed by atoms with Gasteiger partial charge in [0.1, 0.15) is 10.9 Å². The predicted octanol–water partition coefficient (Wildman–Crippen LogP) is 2.91. The number of thioether (sulfide) groups is 1. The van der Waals surface area contributed by atoms with Gasteiger partial charge < -0.3 is 5.32 Å². The third-order valence-corrected chi connectivity index (χ3v) is 5.99. The molecule has 0 aliphatic carbocycles. The van der Waals surface area contributed by atoms with Gasteiger partial charge in [-0.2, -0.15) is 5.10 Å². The Morgan fingerprint density at radius 3 is 2.97 bits per heavy atom. The number of carbonyl (C=O) groups excluding carboxylic acids is 1. The Kier molecular flexibility index (Phi) is 6.44. The fraction of sp³-hybridized carbons (Fsp3) is 0.273. The lowest BCUT2D eigenvalue weighted by Crippen LogP contribution is -2.35. The molecule has 0 fully saturated rings. The van der Waals surface area contributed by atoms with Crippen LogP contribution in [0.5, 0.6) is 0 Å². The van der Waals surface area contributed by atoms with Crippen molar-refractivity contribution in [2.45, 2.75) is 36.9 Å². The van der Waals surface area contributed by atoms with Crippen molar-refractivity contribution in [3.63, 3.8) is 0 Å². The molecule has 0 spiro atoms. The van der Waals surface area contributed by atoms with Gasteiger partial charge in [0, 0.05) is 31.0 Å². The molecule has 3 aromatic rings. The maximum Gasteiger partial charge on any atom is 0.343 e. The molecule has 1 aromatic carbocycles. The van der Waals surface area contributed by atoms with Crippen LogP contribution < -0.4 is 11.0 Å². The summed E-state index contributed by atoms with van der Waals surface area (Å²) < 4.78 is 1.65. The maximum absolute atomic E-state index is 12.9. The first-order chi connectivity index (χ1) is 14.7. The van der Waals surface area contributed by atoms with Gasteiger partial charge in [0.05, 0.1) is 5.56 Å². The van der Waals surface area contributed by atoms with Crippen molar-refractivity contribution < 1.29 is 4.79 Å². The monoisotopic (exact) mass is 421 g/mol. The second-order valence-corrected chi connectivity index (χ2v) is 8.08. The normalized spacial score (nSPS) is 16.2. The second-order valence-electron chi connectivity index (χ2n) is 7.07. The van der Waals surface area contributed by atoms with E-state index in [-0.39, 0.29) is 17.6 Å². The minimum atomic E-state index is -0.188. The smallest absolute Gasteiger partial charge is 0.343 e. The van der Waals surface area contributed by atoms with Gasteiger partial charge in [-0.3, -0.25) is 9.36 Å². The van der Waals surface area contributed by atoms with E-state index in [4.69, 9.17) is 0 Å². The van der Waals surface area contributed by atoms with E-state index in [9.17, 15) is 9.59 Å². The van der Waals surface area contributed by atoms with Crippen molar-refractivity contribution in [2.75, 3.05) is 5.75 Å². The average molecular weight is 422 g/mol. The van der Waals surface area contributed by atoms with Crippen LogP contribution in [0.2, 0.25) is 0 Å². The molecular weight excluding hydrogens is 398 g/mol. The highest BCUT2D eigenvalue weighted by Gasteiger charge is 2.22. The number of nitrogens with zero attached hydrogens (tertiary/aromatic N) is 3. The van der Waals surface area contributed by atoms with Gasteiger partial charge in [-0.1, -0.05) is 42.5 Å². The summed E-state index contributed by atoms with van der Waals surface area (Å²) in [5, 5.41) is 10.4. The number of benzene rings is 1. The van der Waals surface area contributed by atoms with Gasteiger partial charge >= 0.3 is 5.69 Å². The average Bonchev–Trinajstić information content (AvgIpc) is 3.00. The molecule has 1 aliphatic rings. The highest BCUT2D eigenvalue weighted by Crippen LogP contribution is 2.21. The van der Waals surface area contributed by atoms with Crippen LogP contribution in [0.4, 0.5) is 0 Å². The van der Waals surface area contributed by atoms with Crippen LogP contribution in [0.25, 0.3) is 6.08 Å². The van der Waals surface area contributed by atoms with Gasteiger partial charge in [-0.15, -0.1) is 11.8 Å². The summed E-state index contributed by atoms with van der Waals surface area (Å²) in [5.41, 5.74) is 1.53. The van der Waals surface area contributed by atoms with Gasteiger partial charge in [0.15, 0.2) is 0 Å². The number of hydrogen-bond donors (Lipinski definition) is 2. The van der Waals surface area contributed by atoms with E-state index in [1.807, 2.05) is 30.3 Å². The largest absolute Gasteiger partial charge is 0.349 e. The molecule has 0 radical (unpaired) electrons. The van der Waals surface area contributed by atoms with Gasteiger partial charge in [0.25, 0.3) is 5.91 Å². The standard InChI is InChI=1S/C22H23N5O2S/c28-20(24-17-10-11-19-25-26-22(29)27(19)14-12-17)18-9-4-13-23-21(18)30-15-5-8-16-6-2-1-3-7-16/h1-9,13,17H,10-12,14-15H2,(H,24,28)(H,26,29)/b8-5+. The highest BCUT2D eigenvalue weighted by molar-refractivity contribution is 7.99. The maximum atomic E-state index is 12.9. The summed E-state index contributed by atoms with van der Waals surface area (Å²) in [4.78, 5) is 29.1. The van der Waals surface area contributed by atoms with E-state index in [1.165, 1.54) is 11.8 Å². The number of H-pyrrole nitrogens is 1. The molecular formula is C22H23N5O2S. The second kappa shape index (κ2) is 9.58. The van der Waals surface area contributed by atoms with E-state index >= 15 is 0 Å². The number of aromatic amines is 1. The molecule has 0 saturated heterocycles. The molecule has 2 aromatic heterocycles. The summed E-state index contributed by atoms with van der Waals surface area (Å²) in [6.45, 7) is 0.550. The summed E-state index contributed by atoms with van der Waals surface area (Å²) >= 11 is 1.54. The Morgan fingerprint density at radius 1 is 1.23 bits per heavy atom.